The number of hydrogen-bond acceptors (Lipinski definition) is 3. The van der Waals surface area contributed by atoms with E-state index in [0.717, 1.165) is 16.9 Å². The Kier molecular flexibility index (Phi) is 6.05. The topological polar surface area (TPSA) is 47.6 Å². The zero-order valence-electron chi connectivity index (χ0n) is 14.9. The van der Waals surface area contributed by atoms with E-state index in [-0.39, 0.29) is 5.56 Å². The zero-order valence-corrected chi connectivity index (χ0v) is 14.9. The summed E-state index contributed by atoms with van der Waals surface area (Å²) in [7, 11) is 1.45. The third-order valence-corrected chi connectivity index (χ3v) is 4.05. The van der Waals surface area contributed by atoms with Gasteiger partial charge in [-0.2, -0.15) is 0 Å². The van der Waals surface area contributed by atoms with Gasteiger partial charge in [-0.3, -0.25) is 4.79 Å². The highest BCUT2D eigenvalue weighted by Gasteiger charge is 2.12. The highest BCUT2D eigenvalue weighted by atomic mass is 19.1. The van der Waals surface area contributed by atoms with E-state index in [4.69, 9.17) is 9.47 Å². The molecule has 0 heterocycles. The van der Waals surface area contributed by atoms with Crippen LogP contribution in [0.25, 0.3) is 0 Å². The highest BCUT2D eigenvalue weighted by molar-refractivity contribution is 5.94. The number of benzene rings is 3. The molecule has 0 unspecified atom stereocenters. The summed E-state index contributed by atoms with van der Waals surface area (Å²) in [6, 6.07) is 21.5. The van der Waals surface area contributed by atoms with Gasteiger partial charge in [-0.1, -0.05) is 42.5 Å². The van der Waals surface area contributed by atoms with Gasteiger partial charge < -0.3 is 14.8 Å². The molecule has 0 fully saturated rings. The fraction of sp³-hybridized carbons (Fsp3) is 0.136. The smallest absolute Gasteiger partial charge is 0.254 e. The van der Waals surface area contributed by atoms with Crippen LogP contribution >= 0.6 is 0 Å². The number of ether oxygens (including phenoxy) is 2. The Bertz CT molecular complexity index is 895. The molecule has 1 N–H and O–H groups in total. The van der Waals surface area contributed by atoms with Crippen molar-refractivity contribution in [2.45, 2.75) is 13.2 Å². The molecule has 3 rings (SSSR count). The Morgan fingerprint density at radius 2 is 1.63 bits per heavy atom. The van der Waals surface area contributed by atoms with Crippen molar-refractivity contribution in [1.82, 2.24) is 5.32 Å². The number of carbonyl (C=O) groups is 1. The van der Waals surface area contributed by atoms with E-state index >= 15 is 0 Å². The third kappa shape index (κ3) is 5.07. The molecule has 5 heteroatoms. The van der Waals surface area contributed by atoms with Gasteiger partial charge in [-0.05, 0) is 35.4 Å². The number of para-hydroxylation sites is 1. The van der Waals surface area contributed by atoms with E-state index in [1.165, 1.54) is 19.2 Å². The molecule has 0 saturated heterocycles. The summed E-state index contributed by atoms with van der Waals surface area (Å²) in [4.78, 5) is 12.2. The molecule has 0 aliphatic carbocycles. The van der Waals surface area contributed by atoms with Gasteiger partial charge in [0.05, 0.1) is 12.7 Å². The number of hydrogen-bond donors (Lipinski definition) is 1. The van der Waals surface area contributed by atoms with Crippen LogP contribution in [0.3, 0.4) is 0 Å². The fourth-order valence-corrected chi connectivity index (χ4v) is 2.52. The van der Waals surface area contributed by atoms with Crippen LogP contribution in [0.5, 0.6) is 11.5 Å². The van der Waals surface area contributed by atoms with Crippen LogP contribution < -0.4 is 14.8 Å². The summed E-state index contributed by atoms with van der Waals surface area (Å²) in [5, 5.41) is 2.72. The Labute approximate surface area is 157 Å². The fourth-order valence-electron chi connectivity index (χ4n) is 2.52. The lowest BCUT2D eigenvalue weighted by molar-refractivity contribution is 0.0947. The molecule has 3 aromatic carbocycles. The van der Waals surface area contributed by atoms with Crippen molar-refractivity contribution in [3.63, 3.8) is 0 Å². The minimum atomic E-state index is -0.611. The Morgan fingerprint density at radius 3 is 2.30 bits per heavy atom. The molecule has 0 aromatic heterocycles. The monoisotopic (exact) mass is 365 g/mol. The van der Waals surface area contributed by atoms with Gasteiger partial charge in [0.25, 0.3) is 5.91 Å². The van der Waals surface area contributed by atoms with E-state index in [0.29, 0.717) is 18.9 Å². The molecule has 3 aromatic rings. The van der Waals surface area contributed by atoms with Crippen LogP contribution in [0.15, 0.2) is 72.8 Å². The summed E-state index contributed by atoms with van der Waals surface area (Å²) in [5.41, 5.74) is 1.93. The number of rotatable bonds is 7. The minimum Gasteiger partial charge on any atom is -0.497 e. The number of carbonyl (C=O) groups excluding carboxylic acids is 1. The molecule has 138 valence electrons. The summed E-state index contributed by atoms with van der Waals surface area (Å²) in [5.74, 6) is 0.111. The largest absolute Gasteiger partial charge is 0.497 e. The van der Waals surface area contributed by atoms with Gasteiger partial charge in [-0.15, -0.1) is 0 Å². The van der Waals surface area contributed by atoms with Crippen molar-refractivity contribution < 1.29 is 18.7 Å². The molecule has 0 bridgehead atoms. The molecule has 1 amide bonds. The average Bonchev–Trinajstić information content (AvgIpc) is 2.72. The van der Waals surface area contributed by atoms with Crippen molar-refractivity contribution in [3.8, 4) is 11.5 Å². The van der Waals surface area contributed by atoms with E-state index in [1.54, 1.807) is 6.07 Å². The van der Waals surface area contributed by atoms with Gasteiger partial charge in [0.15, 0.2) is 0 Å². The number of methoxy groups -OCH3 is 1. The lowest BCUT2D eigenvalue weighted by Crippen LogP contribution is -2.23. The summed E-state index contributed by atoms with van der Waals surface area (Å²) < 4.78 is 24.6. The van der Waals surface area contributed by atoms with Gasteiger partial charge in [0.1, 0.15) is 23.9 Å². The van der Waals surface area contributed by atoms with Crippen LogP contribution in [-0.2, 0) is 13.2 Å². The number of amides is 1. The van der Waals surface area contributed by atoms with Crippen molar-refractivity contribution in [2.75, 3.05) is 7.11 Å². The molecule has 0 spiro atoms. The van der Waals surface area contributed by atoms with E-state index < -0.39 is 11.7 Å². The highest BCUT2D eigenvalue weighted by Crippen LogP contribution is 2.16. The second-order valence-electron chi connectivity index (χ2n) is 5.95. The summed E-state index contributed by atoms with van der Waals surface area (Å²) >= 11 is 0. The SMILES string of the molecule is COc1ccc(C(=O)NCc2ccc(COc3ccccc3)cc2)c(F)c1. The molecule has 27 heavy (non-hydrogen) atoms. The maximum absolute atomic E-state index is 13.9. The molecular formula is C22H20FNO3. The zero-order chi connectivity index (χ0) is 19.1. The predicted octanol–water partition coefficient (Wildman–Crippen LogP) is 4.34. The lowest BCUT2D eigenvalue weighted by Gasteiger charge is -2.09. The van der Waals surface area contributed by atoms with Gasteiger partial charge in [0, 0.05) is 12.6 Å². The van der Waals surface area contributed by atoms with Crippen molar-refractivity contribution in [1.29, 1.82) is 0 Å². The first-order valence-electron chi connectivity index (χ1n) is 8.53. The van der Waals surface area contributed by atoms with Crippen molar-refractivity contribution >= 4 is 5.91 Å². The molecule has 0 saturated carbocycles. The normalized spacial score (nSPS) is 10.3. The maximum atomic E-state index is 13.9. The quantitative estimate of drug-likeness (QED) is 0.677. The Hall–Kier alpha value is -3.34. The first kappa shape index (κ1) is 18.5. The molecule has 4 nitrogen and oxygen atoms in total. The van der Waals surface area contributed by atoms with E-state index in [2.05, 4.69) is 5.32 Å². The molecule has 0 radical (unpaired) electrons. The lowest BCUT2D eigenvalue weighted by atomic mass is 10.1. The van der Waals surface area contributed by atoms with Crippen LogP contribution in [0.4, 0.5) is 4.39 Å². The van der Waals surface area contributed by atoms with Crippen molar-refractivity contribution in [3.05, 3.63) is 95.3 Å². The van der Waals surface area contributed by atoms with Crippen molar-refractivity contribution in [2.24, 2.45) is 0 Å². The van der Waals surface area contributed by atoms with Gasteiger partial charge in [-0.25, -0.2) is 4.39 Å². The average molecular weight is 365 g/mol. The molecule has 0 atom stereocenters. The molecular weight excluding hydrogens is 345 g/mol. The van der Waals surface area contributed by atoms with Crippen LogP contribution in [0, 0.1) is 5.82 Å². The number of halogens is 1. The molecule has 0 aliphatic rings. The second-order valence-corrected chi connectivity index (χ2v) is 5.95. The standard InChI is InChI=1S/C22H20FNO3/c1-26-19-11-12-20(21(23)13-19)22(25)24-14-16-7-9-17(10-8-16)15-27-18-5-3-2-4-6-18/h2-13H,14-15H2,1H3,(H,24,25). The Balaban J connectivity index is 1.53. The van der Waals surface area contributed by atoms with Gasteiger partial charge in [0.2, 0.25) is 0 Å². The third-order valence-electron chi connectivity index (χ3n) is 4.05. The molecule has 0 aliphatic heterocycles. The predicted molar refractivity (Wildman–Crippen MR) is 101 cm³/mol. The summed E-state index contributed by atoms with van der Waals surface area (Å²) in [6.07, 6.45) is 0. The number of nitrogens with one attached hydrogen (secondary N) is 1. The maximum Gasteiger partial charge on any atom is 0.254 e. The Morgan fingerprint density at radius 1 is 0.926 bits per heavy atom. The van der Waals surface area contributed by atoms with Gasteiger partial charge >= 0.3 is 0 Å². The first-order chi connectivity index (χ1) is 13.2. The second kappa shape index (κ2) is 8.85. The van der Waals surface area contributed by atoms with Crippen LogP contribution in [0.1, 0.15) is 21.5 Å². The van der Waals surface area contributed by atoms with Crippen LogP contribution in [0.2, 0.25) is 0 Å². The summed E-state index contributed by atoms with van der Waals surface area (Å²) in [6.45, 7) is 0.776. The van der Waals surface area contributed by atoms with Crippen LogP contribution in [-0.4, -0.2) is 13.0 Å². The first-order valence-corrected chi connectivity index (χ1v) is 8.53. The minimum absolute atomic E-state index is 0.0105. The van der Waals surface area contributed by atoms with E-state index in [9.17, 15) is 9.18 Å². The van der Waals surface area contributed by atoms with E-state index in [1.807, 2.05) is 54.6 Å².